The van der Waals surface area contributed by atoms with E-state index in [1.807, 2.05) is 21.1 Å². The molecule has 0 saturated heterocycles. The van der Waals surface area contributed by atoms with Gasteiger partial charge in [0.15, 0.2) is 0 Å². The number of quaternary nitrogens is 1. The quantitative estimate of drug-likeness (QED) is 0.125. The van der Waals surface area contributed by atoms with E-state index in [0.717, 1.165) is 19.3 Å². The molecule has 2 unspecified atom stereocenters. The number of hydrogen-bond acceptors (Lipinski definition) is 5. The number of likely N-dealkylation sites (N-methyl/N-ethyl adjacent to an activating group) is 1. The average Bonchev–Trinajstić information content (AvgIpc) is 2.70. The second-order valence-electron chi connectivity index (χ2n) is 9.57. The largest absolute Gasteiger partial charge is 0.472 e. The zero-order valence-electron chi connectivity index (χ0n) is 21.3. The van der Waals surface area contributed by atoms with Crippen LogP contribution in [0.15, 0.2) is 0 Å². The maximum Gasteiger partial charge on any atom is 0.472 e. The van der Waals surface area contributed by atoms with Gasteiger partial charge < -0.3 is 19.4 Å². The van der Waals surface area contributed by atoms with Crippen LogP contribution in [0, 0.1) is 0 Å². The van der Waals surface area contributed by atoms with Crippen LogP contribution in [0.3, 0.4) is 0 Å². The minimum atomic E-state index is -4.21. The molecule has 32 heavy (non-hydrogen) atoms. The molecule has 8 nitrogen and oxygen atoms in total. The minimum absolute atomic E-state index is 0.0824. The Morgan fingerprint density at radius 3 is 1.91 bits per heavy atom. The summed E-state index contributed by atoms with van der Waals surface area (Å²) >= 11 is 0. The number of phosphoric ester groups is 1. The van der Waals surface area contributed by atoms with Gasteiger partial charge in [0.2, 0.25) is 0 Å². The Morgan fingerprint density at radius 1 is 0.938 bits per heavy atom. The molecule has 0 aliphatic rings. The highest BCUT2D eigenvalue weighted by molar-refractivity contribution is 7.47. The number of alkyl carbamates (subject to hydrolysis) is 1. The zero-order valence-corrected chi connectivity index (χ0v) is 22.2. The third kappa shape index (κ3) is 21.2. The third-order valence-electron chi connectivity index (χ3n) is 5.28. The minimum Gasteiger partial charge on any atom is -0.447 e. The Kier molecular flexibility index (Phi) is 18.3. The number of ether oxygens (including phenoxy) is 1. The first-order valence-corrected chi connectivity index (χ1v) is 13.9. The Hall–Kier alpha value is -0.660. The molecule has 0 aromatic rings. The van der Waals surface area contributed by atoms with E-state index >= 15 is 0 Å². The van der Waals surface area contributed by atoms with Crippen LogP contribution >= 0.6 is 7.82 Å². The molecular weight excluding hydrogens is 431 g/mol. The van der Waals surface area contributed by atoms with E-state index in [-0.39, 0.29) is 13.2 Å². The van der Waals surface area contributed by atoms with Crippen molar-refractivity contribution in [3.8, 4) is 0 Å². The molecule has 192 valence electrons. The molecule has 1 amide bonds. The van der Waals surface area contributed by atoms with Crippen LogP contribution in [0.25, 0.3) is 0 Å². The van der Waals surface area contributed by atoms with Gasteiger partial charge in [0.05, 0.1) is 21.1 Å². The normalized spacial score (nSPS) is 14.7. The van der Waals surface area contributed by atoms with E-state index in [2.05, 4.69) is 12.2 Å². The van der Waals surface area contributed by atoms with Crippen molar-refractivity contribution in [2.24, 2.45) is 0 Å². The van der Waals surface area contributed by atoms with Gasteiger partial charge in [-0.2, -0.15) is 0 Å². The van der Waals surface area contributed by atoms with E-state index in [4.69, 9.17) is 13.8 Å². The molecule has 0 rings (SSSR count). The van der Waals surface area contributed by atoms with Gasteiger partial charge in [-0.1, -0.05) is 84.0 Å². The summed E-state index contributed by atoms with van der Waals surface area (Å²) in [5.41, 5.74) is 0. The predicted octanol–water partition coefficient (Wildman–Crippen LogP) is 5.64. The zero-order chi connectivity index (χ0) is 24.3. The lowest BCUT2D eigenvalue weighted by Gasteiger charge is -2.25. The molecule has 0 aromatic carbocycles. The molecular formula is C23H50N2O6P+. The fraction of sp³-hybridized carbons (Fsp3) is 0.957. The van der Waals surface area contributed by atoms with Crippen molar-refractivity contribution in [3.05, 3.63) is 0 Å². The fourth-order valence-electron chi connectivity index (χ4n) is 3.27. The molecule has 0 aliphatic heterocycles. The van der Waals surface area contributed by atoms with Crippen LogP contribution in [0.1, 0.15) is 90.4 Å². The maximum absolute atomic E-state index is 12.3. The Bertz CT molecular complexity index is 513. The van der Waals surface area contributed by atoms with Gasteiger partial charge in [-0.15, -0.1) is 0 Å². The number of phosphoric acid groups is 1. The topological polar surface area (TPSA) is 94.1 Å². The number of amides is 1. The number of nitrogens with zero attached hydrogens (tertiary/aromatic N) is 1. The smallest absolute Gasteiger partial charge is 0.447 e. The summed E-state index contributed by atoms with van der Waals surface area (Å²) in [6, 6.07) is 0. The molecule has 9 heteroatoms. The molecule has 2 N–H and O–H groups in total. The van der Waals surface area contributed by atoms with Crippen molar-refractivity contribution in [1.82, 2.24) is 5.32 Å². The van der Waals surface area contributed by atoms with Crippen molar-refractivity contribution in [3.63, 3.8) is 0 Å². The number of nitrogens with one attached hydrogen (secondary N) is 1. The molecule has 0 aromatic heterocycles. The Labute approximate surface area is 196 Å². The van der Waals surface area contributed by atoms with Gasteiger partial charge >= 0.3 is 13.9 Å². The van der Waals surface area contributed by atoms with Gasteiger partial charge in [-0.25, -0.2) is 9.36 Å². The Balaban J connectivity index is 4.14. The van der Waals surface area contributed by atoms with E-state index in [1.165, 1.54) is 64.8 Å². The number of carbonyl (C=O) groups excluding carboxylic acids is 1. The molecule has 0 spiro atoms. The number of carbonyl (C=O) groups is 1. The fourth-order valence-corrected chi connectivity index (χ4v) is 4.19. The summed E-state index contributed by atoms with van der Waals surface area (Å²) in [7, 11) is 3.17. The van der Waals surface area contributed by atoms with Crippen LogP contribution in [0.2, 0.25) is 0 Å². The van der Waals surface area contributed by atoms with Gasteiger partial charge in [0.1, 0.15) is 25.9 Å². The number of hydrogen-bond donors (Lipinski definition) is 2. The monoisotopic (exact) mass is 481 g/mol. The van der Waals surface area contributed by atoms with E-state index in [0.29, 0.717) is 17.4 Å². The first-order chi connectivity index (χ1) is 15.1. The van der Waals surface area contributed by atoms with Crippen LogP contribution < -0.4 is 5.32 Å². The summed E-state index contributed by atoms with van der Waals surface area (Å²) in [6.45, 7) is 2.85. The predicted molar refractivity (Wildman–Crippen MR) is 130 cm³/mol. The molecule has 0 fully saturated rings. The summed E-state index contributed by atoms with van der Waals surface area (Å²) < 4.78 is 28.4. The summed E-state index contributed by atoms with van der Waals surface area (Å²) in [4.78, 5) is 21.4. The molecule has 0 bridgehead atoms. The highest BCUT2D eigenvalue weighted by Crippen LogP contribution is 2.45. The molecule has 0 aliphatic carbocycles. The second kappa shape index (κ2) is 18.7. The molecule has 2 atom stereocenters. The van der Waals surface area contributed by atoms with Crippen LogP contribution in [0.4, 0.5) is 4.79 Å². The lowest BCUT2D eigenvalue weighted by Crippen LogP contribution is -2.37. The Morgan fingerprint density at radius 2 is 1.44 bits per heavy atom. The first kappa shape index (κ1) is 31.3. The summed E-state index contributed by atoms with van der Waals surface area (Å²) in [6.07, 6.45) is 14.1. The van der Waals surface area contributed by atoms with Gasteiger partial charge in [0.25, 0.3) is 0 Å². The highest BCUT2D eigenvalue weighted by atomic mass is 31.2. The van der Waals surface area contributed by atoms with Gasteiger partial charge in [0, 0.05) is 7.05 Å². The summed E-state index contributed by atoms with van der Waals surface area (Å²) in [5.74, 6) is 0. The van der Waals surface area contributed by atoms with E-state index in [9.17, 15) is 14.3 Å². The standard InChI is InChI=1S/C23H49N2O6P/c1-6-7-8-9-10-11-12-13-14-15-16-17-18-22(21-29-23(26)24-2)31-32(27,28)30-20-19-25(3,4)5/h22H,6-21H2,1-5H3,(H-,24,26,27,28)/p+1. The van der Waals surface area contributed by atoms with Gasteiger partial charge in [-0.05, 0) is 6.42 Å². The SMILES string of the molecule is CCCCCCCCCCCCCCC(COC(=O)NC)OP(=O)(O)OCC[N+](C)(C)C. The highest BCUT2D eigenvalue weighted by Gasteiger charge is 2.28. The lowest BCUT2D eigenvalue weighted by molar-refractivity contribution is -0.870. The van der Waals surface area contributed by atoms with E-state index in [1.54, 1.807) is 0 Å². The molecule has 0 radical (unpaired) electrons. The maximum atomic E-state index is 12.3. The van der Waals surface area contributed by atoms with Crippen molar-refractivity contribution in [2.45, 2.75) is 96.5 Å². The van der Waals surface area contributed by atoms with Gasteiger partial charge in [-0.3, -0.25) is 9.05 Å². The lowest BCUT2D eigenvalue weighted by atomic mass is 10.0. The van der Waals surface area contributed by atoms with Crippen molar-refractivity contribution in [1.29, 1.82) is 0 Å². The molecule has 0 heterocycles. The van der Waals surface area contributed by atoms with Crippen molar-refractivity contribution in [2.75, 3.05) is 47.9 Å². The van der Waals surface area contributed by atoms with Crippen LogP contribution in [-0.2, 0) is 18.3 Å². The average molecular weight is 482 g/mol. The van der Waals surface area contributed by atoms with Crippen LogP contribution in [0.5, 0.6) is 0 Å². The van der Waals surface area contributed by atoms with Crippen LogP contribution in [-0.4, -0.2) is 69.5 Å². The second-order valence-corrected chi connectivity index (χ2v) is 11.0. The first-order valence-electron chi connectivity index (χ1n) is 12.4. The number of unbranched alkanes of at least 4 members (excludes halogenated alkanes) is 11. The molecule has 0 saturated carbocycles. The number of rotatable bonds is 21. The van der Waals surface area contributed by atoms with Crippen molar-refractivity contribution < 1.29 is 32.5 Å². The summed E-state index contributed by atoms with van der Waals surface area (Å²) in [5, 5.41) is 2.37. The van der Waals surface area contributed by atoms with Crippen molar-refractivity contribution >= 4 is 13.9 Å². The third-order valence-corrected chi connectivity index (χ3v) is 6.36. The van der Waals surface area contributed by atoms with E-state index < -0.39 is 20.0 Å².